The van der Waals surface area contributed by atoms with E-state index < -0.39 is 11.5 Å². The summed E-state index contributed by atoms with van der Waals surface area (Å²) >= 11 is 0. The van der Waals surface area contributed by atoms with E-state index in [1.807, 2.05) is 25.5 Å². The third-order valence-corrected chi connectivity index (χ3v) is 6.63. The number of aromatic nitrogens is 4. The second kappa shape index (κ2) is 7.09. The van der Waals surface area contributed by atoms with Gasteiger partial charge in [-0.05, 0) is 33.7 Å². The highest BCUT2D eigenvalue weighted by Gasteiger charge is 2.63. The molecule has 3 aliphatic rings. The normalized spacial score (nSPS) is 34.1. The first kappa shape index (κ1) is 20.6. The van der Waals surface area contributed by atoms with Crippen molar-refractivity contribution in [2.75, 3.05) is 33.0 Å². The average molecular weight is 432 g/mol. The fraction of sp³-hybridized carbons (Fsp3) is 0.700. The molecular weight excluding hydrogens is 404 g/mol. The minimum atomic E-state index is -0.904. The van der Waals surface area contributed by atoms with E-state index >= 15 is 0 Å². The number of hydrogen-bond donors (Lipinski definition) is 1. The van der Waals surface area contributed by atoms with E-state index in [-0.39, 0.29) is 24.1 Å². The van der Waals surface area contributed by atoms with Gasteiger partial charge in [0.25, 0.3) is 0 Å². The molecule has 2 aromatic heterocycles. The summed E-state index contributed by atoms with van der Waals surface area (Å²) in [6.45, 7) is 4.73. The molecule has 1 aliphatic carbocycles. The molecule has 1 saturated carbocycles. The van der Waals surface area contributed by atoms with E-state index in [4.69, 9.17) is 24.7 Å². The molecule has 0 bridgehead atoms. The van der Waals surface area contributed by atoms with Crippen molar-refractivity contribution >= 4 is 23.0 Å². The van der Waals surface area contributed by atoms with Gasteiger partial charge in [-0.15, -0.1) is 0 Å². The minimum Gasteiger partial charge on any atom is -0.469 e. The average Bonchev–Trinajstić information content (AvgIpc) is 3.32. The van der Waals surface area contributed by atoms with Gasteiger partial charge in [0.2, 0.25) is 5.72 Å². The molecule has 31 heavy (non-hydrogen) atoms. The van der Waals surface area contributed by atoms with Crippen LogP contribution in [-0.4, -0.2) is 81.7 Å². The summed E-state index contributed by atoms with van der Waals surface area (Å²) in [7, 11) is 3.48. The van der Waals surface area contributed by atoms with E-state index in [2.05, 4.69) is 19.9 Å². The lowest BCUT2D eigenvalue weighted by molar-refractivity contribution is -0.206. The molecule has 4 heterocycles. The zero-order chi connectivity index (χ0) is 22.0. The topological polar surface area (TPSA) is 127 Å². The number of esters is 1. The number of carbonyl (C=O) groups is 1. The molecule has 3 fully saturated rings. The first-order valence-electron chi connectivity index (χ1n) is 10.5. The first-order valence-corrected chi connectivity index (χ1v) is 10.5. The number of carbonyl (C=O) groups excluding carboxylic acids is 1. The van der Waals surface area contributed by atoms with E-state index in [9.17, 15) is 4.79 Å². The predicted octanol–water partition coefficient (Wildman–Crippen LogP) is 0.495. The maximum atomic E-state index is 11.7. The number of nitrogen functional groups attached to an aromatic ring is 1. The highest BCUT2D eigenvalue weighted by Crippen LogP contribution is 2.48. The Kier molecular flexibility index (Phi) is 4.70. The summed E-state index contributed by atoms with van der Waals surface area (Å²) < 4.78 is 25.7. The van der Waals surface area contributed by atoms with Gasteiger partial charge in [0.1, 0.15) is 24.1 Å². The van der Waals surface area contributed by atoms with Gasteiger partial charge < -0.3 is 29.6 Å². The number of anilines is 1. The summed E-state index contributed by atoms with van der Waals surface area (Å²) in [4.78, 5) is 26.7. The zero-order valence-electron chi connectivity index (χ0n) is 18.1. The molecule has 2 aliphatic heterocycles. The highest BCUT2D eigenvalue weighted by atomic mass is 16.8. The molecule has 0 amide bonds. The molecule has 11 heteroatoms. The molecule has 0 spiro atoms. The largest absolute Gasteiger partial charge is 0.469 e. The molecule has 11 nitrogen and oxygen atoms in total. The number of fused-ring (bicyclic) bond motifs is 2. The lowest BCUT2D eigenvalue weighted by Crippen LogP contribution is -2.51. The summed E-state index contributed by atoms with van der Waals surface area (Å²) in [5.74, 6) is -0.639. The van der Waals surface area contributed by atoms with Crippen molar-refractivity contribution in [2.45, 2.75) is 56.5 Å². The predicted molar refractivity (Wildman–Crippen MR) is 109 cm³/mol. The summed E-state index contributed by atoms with van der Waals surface area (Å²) in [5, 5.41) is 0. The van der Waals surface area contributed by atoms with Crippen molar-refractivity contribution < 1.29 is 23.7 Å². The number of methoxy groups -OCH3 is 1. The molecule has 2 N–H and O–H groups in total. The Morgan fingerprint density at radius 1 is 1.35 bits per heavy atom. The van der Waals surface area contributed by atoms with Crippen molar-refractivity contribution in [3.63, 3.8) is 0 Å². The number of likely N-dealkylation sites (N-methyl/N-ethyl adjacent to an activating group) is 1. The van der Waals surface area contributed by atoms with Crippen molar-refractivity contribution in [2.24, 2.45) is 5.92 Å². The van der Waals surface area contributed by atoms with E-state index in [1.165, 1.54) is 13.4 Å². The van der Waals surface area contributed by atoms with Gasteiger partial charge in [0.15, 0.2) is 17.3 Å². The van der Waals surface area contributed by atoms with Crippen molar-refractivity contribution in [1.82, 2.24) is 24.4 Å². The van der Waals surface area contributed by atoms with Crippen LogP contribution in [0.15, 0.2) is 12.7 Å². The molecule has 0 unspecified atom stereocenters. The molecule has 2 aromatic rings. The number of nitrogens with zero attached hydrogens (tertiary/aromatic N) is 5. The molecule has 0 aromatic carbocycles. The lowest BCUT2D eigenvalue weighted by atomic mass is 9.79. The number of imidazole rings is 1. The van der Waals surface area contributed by atoms with Gasteiger partial charge in [-0.3, -0.25) is 9.36 Å². The minimum absolute atomic E-state index is 0.0199. The quantitative estimate of drug-likeness (QED) is 0.667. The number of nitrogens with two attached hydrogens (primary N) is 1. The monoisotopic (exact) mass is 432 g/mol. The molecular formula is C20H28N6O5. The molecule has 5 rings (SSSR count). The van der Waals surface area contributed by atoms with Crippen molar-refractivity contribution in [1.29, 1.82) is 0 Å². The van der Waals surface area contributed by atoms with Crippen LogP contribution in [0.5, 0.6) is 0 Å². The zero-order valence-corrected chi connectivity index (χ0v) is 18.1. The summed E-state index contributed by atoms with van der Waals surface area (Å²) in [5.41, 5.74) is 6.17. The van der Waals surface area contributed by atoms with Crippen LogP contribution >= 0.6 is 0 Å². The van der Waals surface area contributed by atoms with Crippen LogP contribution < -0.4 is 5.73 Å². The SMILES string of the molecule is COC(=O)C1CC(N(C)C[C@H]2OC[C@@]3(n4cnc5c(N)ncnc54)OC(C)(C)O[C@H]23)C1. The molecule has 2 saturated heterocycles. The van der Waals surface area contributed by atoms with Crippen LogP contribution in [0.25, 0.3) is 11.2 Å². The fourth-order valence-corrected chi connectivity index (χ4v) is 4.97. The Morgan fingerprint density at radius 3 is 2.87 bits per heavy atom. The second-order valence-corrected chi connectivity index (χ2v) is 9.07. The van der Waals surface area contributed by atoms with Crippen LogP contribution in [0, 0.1) is 5.92 Å². The van der Waals surface area contributed by atoms with Gasteiger partial charge in [-0.25, -0.2) is 15.0 Å². The van der Waals surface area contributed by atoms with E-state index in [0.29, 0.717) is 36.2 Å². The second-order valence-electron chi connectivity index (χ2n) is 9.07. The van der Waals surface area contributed by atoms with E-state index in [1.54, 1.807) is 6.33 Å². The van der Waals surface area contributed by atoms with Crippen molar-refractivity contribution in [3.05, 3.63) is 12.7 Å². The smallest absolute Gasteiger partial charge is 0.308 e. The van der Waals surface area contributed by atoms with Gasteiger partial charge in [-0.1, -0.05) is 0 Å². The Bertz CT molecular complexity index is 1010. The highest BCUT2D eigenvalue weighted by molar-refractivity contribution is 5.81. The number of ether oxygens (including phenoxy) is 4. The van der Waals surface area contributed by atoms with Gasteiger partial charge in [0, 0.05) is 12.6 Å². The fourth-order valence-electron chi connectivity index (χ4n) is 4.97. The standard InChI is InChI=1S/C20H28N6O5/c1-19(2)30-15-13(7-25(3)12-5-11(6-12)18(27)28-4)29-8-20(15,31-19)26-10-24-14-16(21)22-9-23-17(14)26/h9-13,15H,5-8H2,1-4H3,(H2,21,22,23)/t11?,12?,13-,15-,20-/m1/s1. The maximum Gasteiger partial charge on any atom is 0.308 e. The van der Waals surface area contributed by atoms with Crippen LogP contribution in [0.4, 0.5) is 5.82 Å². The third kappa shape index (κ3) is 3.18. The first-order chi connectivity index (χ1) is 14.7. The maximum absolute atomic E-state index is 11.7. The van der Waals surface area contributed by atoms with E-state index in [0.717, 1.165) is 12.8 Å². The third-order valence-electron chi connectivity index (χ3n) is 6.63. The van der Waals surface area contributed by atoms with Crippen LogP contribution in [-0.2, 0) is 29.5 Å². The number of hydrogen-bond acceptors (Lipinski definition) is 10. The molecule has 168 valence electrons. The Balaban J connectivity index is 1.38. The summed E-state index contributed by atoms with van der Waals surface area (Å²) in [6, 6.07) is 0.305. The Hall–Kier alpha value is -2.34. The van der Waals surface area contributed by atoms with Crippen LogP contribution in [0.1, 0.15) is 26.7 Å². The lowest BCUT2D eigenvalue weighted by Gasteiger charge is -2.41. The Labute approximate surface area is 179 Å². The molecule has 3 atom stereocenters. The molecule has 0 radical (unpaired) electrons. The van der Waals surface area contributed by atoms with Gasteiger partial charge in [0.05, 0.1) is 26.0 Å². The summed E-state index contributed by atoms with van der Waals surface area (Å²) in [6.07, 6.45) is 4.07. The van der Waals surface area contributed by atoms with Gasteiger partial charge in [-0.2, -0.15) is 0 Å². The number of rotatable bonds is 5. The van der Waals surface area contributed by atoms with Crippen molar-refractivity contribution in [3.8, 4) is 0 Å². The Morgan fingerprint density at radius 2 is 2.13 bits per heavy atom. The van der Waals surface area contributed by atoms with Crippen LogP contribution in [0.2, 0.25) is 0 Å². The van der Waals surface area contributed by atoms with Gasteiger partial charge >= 0.3 is 5.97 Å². The van der Waals surface area contributed by atoms with Crippen LogP contribution in [0.3, 0.4) is 0 Å².